The van der Waals surface area contributed by atoms with Gasteiger partial charge in [0.2, 0.25) is 0 Å². The summed E-state index contributed by atoms with van der Waals surface area (Å²) in [5.41, 5.74) is 0.922. The number of aromatic nitrogens is 3. The van der Waals surface area contributed by atoms with Crippen LogP contribution in [-0.2, 0) is 23.0 Å². The molecule has 1 rings (SSSR count). The normalized spacial score (nSPS) is 10.8. The second-order valence-electron chi connectivity index (χ2n) is 3.08. The summed E-state index contributed by atoms with van der Waals surface area (Å²) < 4.78 is 6.40. The van der Waals surface area contributed by atoms with Crippen LogP contribution in [-0.4, -0.2) is 27.6 Å². The molecule has 0 saturated heterocycles. The summed E-state index contributed by atoms with van der Waals surface area (Å²) in [4.78, 5) is 10.9. The molecule has 0 unspecified atom stereocenters. The largest absolute Gasteiger partial charge is 0.463 e. The van der Waals surface area contributed by atoms with E-state index in [1.807, 2.05) is 13.2 Å². The van der Waals surface area contributed by atoms with Crippen LogP contribution in [0.5, 0.6) is 0 Å². The quantitative estimate of drug-likeness (QED) is 0.533. The van der Waals surface area contributed by atoms with E-state index >= 15 is 0 Å². The van der Waals surface area contributed by atoms with Gasteiger partial charge in [0, 0.05) is 19.3 Å². The van der Waals surface area contributed by atoms with Crippen LogP contribution in [0.15, 0.2) is 18.3 Å². The molecular formula is C10H15N3O2. The highest BCUT2D eigenvalue weighted by Crippen LogP contribution is 1.98. The third kappa shape index (κ3) is 4.39. The SMILES string of the molecule is CCOC(=O)/C=C/CCc1cn(C)nn1. The Kier molecular flexibility index (Phi) is 4.53. The minimum Gasteiger partial charge on any atom is -0.463 e. The first-order valence-corrected chi connectivity index (χ1v) is 4.91. The average Bonchev–Trinajstić information content (AvgIpc) is 2.60. The number of hydrogen-bond donors (Lipinski definition) is 0. The summed E-state index contributed by atoms with van der Waals surface area (Å²) in [6, 6.07) is 0. The number of allylic oxidation sites excluding steroid dienone is 1. The van der Waals surface area contributed by atoms with E-state index in [-0.39, 0.29) is 5.97 Å². The summed E-state index contributed by atoms with van der Waals surface area (Å²) in [7, 11) is 1.82. The van der Waals surface area contributed by atoms with Crippen LogP contribution in [0.2, 0.25) is 0 Å². The third-order valence-electron chi connectivity index (χ3n) is 1.76. The Morgan fingerprint density at radius 3 is 3.07 bits per heavy atom. The van der Waals surface area contributed by atoms with Gasteiger partial charge in [-0.25, -0.2) is 4.79 Å². The minimum absolute atomic E-state index is 0.295. The molecule has 1 heterocycles. The van der Waals surface area contributed by atoms with Crippen LogP contribution in [0, 0.1) is 0 Å². The van der Waals surface area contributed by atoms with Crippen LogP contribution in [0.3, 0.4) is 0 Å². The Balaban J connectivity index is 2.24. The molecule has 0 aromatic carbocycles. The van der Waals surface area contributed by atoms with E-state index in [0.29, 0.717) is 6.61 Å². The lowest BCUT2D eigenvalue weighted by Crippen LogP contribution is -1.98. The fraction of sp³-hybridized carbons (Fsp3) is 0.500. The van der Waals surface area contributed by atoms with E-state index in [9.17, 15) is 4.79 Å². The van der Waals surface area contributed by atoms with Crippen molar-refractivity contribution in [3.8, 4) is 0 Å². The molecule has 1 aromatic rings. The predicted molar refractivity (Wildman–Crippen MR) is 55.1 cm³/mol. The van der Waals surface area contributed by atoms with Gasteiger partial charge in [-0.2, -0.15) is 0 Å². The molecule has 82 valence electrons. The first-order chi connectivity index (χ1) is 7.22. The van der Waals surface area contributed by atoms with Crippen molar-refractivity contribution in [3.05, 3.63) is 24.0 Å². The minimum atomic E-state index is -0.295. The van der Waals surface area contributed by atoms with Crippen molar-refractivity contribution in [2.24, 2.45) is 7.05 Å². The van der Waals surface area contributed by atoms with Crippen molar-refractivity contribution in [1.29, 1.82) is 0 Å². The fourth-order valence-electron chi connectivity index (χ4n) is 1.11. The maximum absolute atomic E-state index is 10.9. The van der Waals surface area contributed by atoms with Gasteiger partial charge in [0.15, 0.2) is 0 Å². The smallest absolute Gasteiger partial charge is 0.330 e. The molecule has 0 N–H and O–H groups in total. The Bertz CT molecular complexity index is 344. The lowest BCUT2D eigenvalue weighted by Gasteiger charge is -1.94. The summed E-state index contributed by atoms with van der Waals surface area (Å²) in [5.74, 6) is -0.295. The standard InChI is InChI=1S/C10H15N3O2/c1-3-15-10(14)7-5-4-6-9-8-13(2)12-11-9/h5,7-8H,3-4,6H2,1-2H3/b7-5+. The summed E-state index contributed by atoms with van der Waals surface area (Å²) >= 11 is 0. The molecule has 0 atom stereocenters. The lowest BCUT2D eigenvalue weighted by atomic mass is 10.2. The maximum atomic E-state index is 10.9. The number of carbonyl (C=O) groups is 1. The molecule has 0 saturated carbocycles. The highest BCUT2D eigenvalue weighted by Gasteiger charge is 1.96. The zero-order valence-corrected chi connectivity index (χ0v) is 9.01. The predicted octanol–water partition coefficient (Wildman–Crippen LogP) is 0.867. The number of ether oxygens (including phenoxy) is 1. The van der Waals surface area contributed by atoms with Crippen molar-refractivity contribution in [2.75, 3.05) is 6.61 Å². The van der Waals surface area contributed by atoms with Crippen molar-refractivity contribution < 1.29 is 9.53 Å². The molecule has 0 radical (unpaired) electrons. The topological polar surface area (TPSA) is 57.0 Å². The van der Waals surface area contributed by atoms with Crippen LogP contribution in [0.1, 0.15) is 19.0 Å². The van der Waals surface area contributed by atoms with Crippen LogP contribution >= 0.6 is 0 Å². The highest BCUT2D eigenvalue weighted by molar-refractivity contribution is 5.81. The van der Waals surface area contributed by atoms with Gasteiger partial charge in [0.1, 0.15) is 0 Å². The maximum Gasteiger partial charge on any atom is 0.330 e. The average molecular weight is 209 g/mol. The van der Waals surface area contributed by atoms with Gasteiger partial charge in [-0.1, -0.05) is 11.3 Å². The molecule has 5 heteroatoms. The number of hydrogen-bond acceptors (Lipinski definition) is 4. The van der Waals surface area contributed by atoms with Gasteiger partial charge in [-0.15, -0.1) is 5.10 Å². The van der Waals surface area contributed by atoms with E-state index in [1.165, 1.54) is 6.08 Å². The van der Waals surface area contributed by atoms with E-state index in [2.05, 4.69) is 10.3 Å². The molecule has 0 aliphatic heterocycles. The molecule has 0 bridgehead atoms. The number of carbonyl (C=O) groups excluding carboxylic acids is 1. The molecule has 0 aliphatic rings. The Labute approximate surface area is 88.7 Å². The van der Waals surface area contributed by atoms with E-state index in [1.54, 1.807) is 17.7 Å². The zero-order chi connectivity index (χ0) is 11.1. The second-order valence-corrected chi connectivity index (χ2v) is 3.08. The highest BCUT2D eigenvalue weighted by atomic mass is 16.5. The van der Waals surface area contributed by atoms with Crippen molar-refractivity contribution in [2.45, 2.75) is 19.8 Å². The van der Waals surface area contributed by atoms with Crippen LogP contribution in [0.25, 0.3) is 0 Å². The fourth-order valence-corrected chi connectivity index (χ4v) is 1.11. The van der Waals surface area contributed by atoms with Gasteiger partial charge in [-0.05, 0) is 19.8 Å². The van der Waals surface area contributed by atoms with Crippen LogP contribution < -0.4 is 0 Å². The first kappa shape index (κ1) is 11.4. The van der Waals surface area contributed by atoms with E-state index in [0.717, 1.165) is 18.5 Å². The molecular weight excluding hydrogens is 194 g/mol. The van der Waals surface area contributed by atoms with Crippen molar-refractivity contribution in [1.82, 2.24) is 15.0 Å². The van der Waals surface area contributed by atoms with Crippen molar-refractivity contribution in [3.63, 3.8) is 0 Å². The number of rotatable bonds is 5. The van der Waals surface area contributed by atoms with Gasteiger partial charge in [0.05, 0.1) is 12.3 Å². The third-order valence-corrected chi connectivity index (χ3v) is 1.76. The lowest BCUT2D eigenvalue weighted by molar-refractivity contribution is -0.137. The van der Waals surface area contributed by atoms with E-state index in [4.69, 9.17) is 4.74 Å². The zero-order valence-electron chi connectivity index (χ0n) is 9.01. The molecule has 5 nitrogen and oxygen atoms in total. The van der Waals surface area contributed by atoms with Gasteiger partial charge in [-0.3, -0.25) is 4.68 Å². The Morgan fingerprint density at radius 1 is 1.67 bits per heavy atom. The number of aryl methyl sites for hydroxylation is 2. The van der Waals surface area contributed by atoms with Gasteiger partial charge in [0.25, 0.3) is 0 Å². The van der Waals surface area contributed by atoms with Gasteiger partial charge < -0.3 is 4.74 Å². The second kappa shape index (κ2) is 5.95. The summed E-state index contributed by atoms with van der Waals surface area (Å²) in [6.45, 7) is 2.19. The molecule has 0 aliphatic carbocycles. The molecule has 0 fully saturated rings. The molecule has 0 amide bonds. The Hall–Kier alpha value is -1.65. The number of nitrogens with zero attached hydrogens (tertiary/aromatic N) is 3. The summed E-state index contributed by atoms with van der Waals surface area (Å²) in [6.07, 6.45) is 6.63. The Morgan fingerprint density at radius 2 is 2.47 bits per heavy atom. The number of esters is 1. The monoisotopic (exact) mass is 209 g/mol. The van der Waals surface area contributed by atoms with Crippen LogP contribution in [0.4, 0.5) is 0 Å². The van der Waals surface area contributed by atoms with E-state index < -0.39 is 0 Å². The molecule has 0 spiro atoms. The summed E-state index contributed by atoms with van der Waals surface area (Å²) in [5, 5.41) is 7.74. The van der Waals surface area contributed by atoms with Crippen molar-refractivity contribution >= 4 is 5.97 Å². The van der Waals surface area contributed by atoms with Gasteiger partial charge >= 0.3 is 5.97 Å². The molecule has 1 aromatic heterocycles. The molecule has 15 heavy (non-hydrogen) atoms. The first-order valence-electron chi connectivity index (χ1n) is 4.91.